The minimum atomic E-state index is -3.33. The fourth-order valence-corrected chi connectivity index (χ4v) is 4.48. The molecule has 1 atom stereocenters. The SMILES string of the molecule is COc1ccc(C(CS(C)(=O)=O)N2Cc3cccc(C)c3C2=O)cc1OC. The lowest BCUT2D eigenvalue weighted by Gasteiger charge is -2.28. The first kappa shape index (κ1) is 19.2. The minimum absolute atomic E-state index is 0.147. The molecule has 7 heteroatoms. The number of ether oxygens (including phenoxy) is 2. The molecule has 1 aliphatic heterocycles. The molecule has 0 spiro atoms. The number of carbonyl (C=O) groups excluding carboxylic acids is 1. The lowest BCUT2D eigenvalue weighted by atomic mass is 10.0. The molecule has 0 aromatic heterocycles. The highest BCUT2D eigenvalue weighted by molar-refractivity contribution is 7.90. The summed E-state index contributed by atoms with van der Waals surface area (Å²) in [6.45, 7) is 2.27. The van der Waals surface area contributed by atoms with Crippen LogP contribution in [-0.2, 0) is 16.4 Å². The first-order chi connectivity index (χ1) is 12.7. The van der Waals surface area contributed by atoms with E-state index in [2.05, 4.69) is 0 Å². The van der Waals surface area contributed by atoms with Gasteiger partial charge in [-0.25, -0.2) is 8.42 Å². The third kappa shape index (κ3) is 3.78. The molecule has 0 aliphatic carbocycles. The van der Waals surface area contributed by atoms with Gasteiger partial charge in [-0.3, -0.25) is 4.79 Å². The Labute approximate surface area is 159 Å². The molecule has 6 nitrogen and oxygen atoms in total. The van der Waals surface area contributed by atoms with E-state index >= 15 is 0 Å². The number of hydrogen-bond acceptors (Lipinski definition) is 5. The van der Waals surface area contributed by atoms with Crippen LogP contribution in [0.2, 0.25) is 0 Å². The lowest BCUT2D eigenvalue weighted by Crippen LogP contribution is -2.33. The molecular formula is C20H23NO5S. The molecule has 3 rings (SSSR count). The van der Waals surface area contributed by atoms with Crippen LogP contribution in [0.25, 0.3) is 0 Å². The highest BCUT2D eigenvalue weighted by atomic mass is 32.2. The zero-order chi connectivity index (χ0) is 19.8. The van der Waals surface area contributed by atoms with Gasteiger partial charge in [-0.2, -0.15) is 0 Å². The second kappa shape index (κ2) is 7.23. The Morgan fingerprint density at radius 2 is 1.81 bits per heavy atom. The van der Waals surface area contributed by atoms with Gasteiger partial charge in [0.15, 0.2) is 11.5 Å². The summed E-state index contributed by atoms with van der Waals surface area (Å²) in [5.74, 6) is 0.730. The van der Waals surface area contributed by atoms with Crippen molar-refractivity contribution in [2.45, 2.75) is 19.5 Å². The van der Waals surface area contributed by atoms with Crippen molar-refractivity contribution >= 4 is 15.7 Å². The predicted molar refractivity (Wildman–Crippen MR) is 103 cm³/mol. The molecule has 2 aromatic carbocycles. The second-order valence-corrected chi connectivity index (χ2v) is 8.95. The van der Waals surface area contributed by atoms with Crippen LogP contribution >= 0.6 is 0 Å². The largest absolute Gasteiger partial charge is 0.493 e. The lowest BCUT2D eigenvalue weighted by molar-refractivity contribution is 0.0717. The van der Waals surface area contributed by atoms with Gasteiger partial charge in [-0.05, 0) is 35.7 Å². The summed E-state index contributed by atoms with van der Waals surface area (Å²) in [5, 5.41) is 0. The Morgan fingerprint density at radius 1 is 1.11 bits per heavy atom. The molecule has 1 unspecified atom stereocenters. The number of benzene rings is 2. The highest BCUT2D eigenvalue weighted by Crippen LogP contribution is 2.37. The number of rotatable bonds is 6. The number of fused-ring (bicyclic) bond motifs is 1. The third-order valence-corrected chi connectivity index (χ3v) is 5.72. The summed E-state index contributed by atoms with van der Waals surface area (Å²) in [6, 6.07) is 10.3. The van der Waals surface area contributed by atoms with Crippen LogP contribution < -0.4 is 9.47 Å². The number of hydrogen-bond donors (Lipinski definition) is 0. The molecule has 0 radical (unpaired) electrons. The number of sulfone groups is 1. The van der Waals surface area contributed by atoms with Crippen LogP contribution in [-0.4, -0.2) is 45.5 Å². The Hall–Kier alpha value is -2.54. The van der Waals surface area contributed by atoms with Crippen molar-refractivity contribution in [2.24, 2.45) is 0 Å². The maximum Gasteiger partial charge on any atom is 0.255 e. The fourth-order valence-electron chi connectivity index (χ4n) is 3.53. The molecule has 1 amide bonds. The highest BCUT2D eigenvalue weighted by Gasteiger charge is 2.36. The van der Waals surface area contributed by atoms with Gasteiger partial charge < -0.3 is 14.4 Å². The number of methoxy groups -OCH3 is 2. The number of aryl methyl sites for hydroxylation is 1. The topological polar surface area (TPSA) is 72.9 Å². The van der Waals surface area contributed by atoms with Crippen LogP contribution in [0.4, 0.5) is 0 Å². The Balaban J connectivity index is 2.06. The van der Waals surface area contributed by atoms with Crippen LogP contribution in [0.1, 0.15) is 33.1 Å². The van der Waals surface area contributed by atoms with E-state index in [0.29, 0.717) is 29.2 Å². The molecule has 0 fully saturated rings. The van der Waals surface area contributed by atoms with Crippen LogP contribution in [0.15, 0.2) is 36.4 Å². The van der Waals surface area contributed by atoms with E-state index in [-0.39, 0.29) is 11.7 Å². The predicted octanol–water partition coefficient (Wildman–Crippen LogP) is 2.75. The number of carbonyl (C=O) groups is 1. The number of amides is 1. The summed E-state index contributed by atoms with van der Waals surface area (Å²) in [7, 11) is -0.273. The van der Waals surface area contributed by atoms with Crippen LogP contribution in [0, 0.1) is 6.92 Å². The van der Waals surface area contributed by atoms with Gasteiger partial charge in [0.1, 0.15) is 9.84 Å². The maximum absolute atomic E-state index is 13.1. The van der Waals surface area contributed by atoms with Crippen molar-refractivity contribution in [2.75, 3.05) is 26.2 Å². The van der Waals surface area contributed by atoms with Gasteiger partial charge >= 0.3 is 0 Å². The first-order valence-corrected chi connectivity index (χ1v) is 10.6. The molecule has 0 bridgehead atoms. The average Bonchev–Trinajstić information content (AvgIpc) is 2.96. The van der Waals surface area contributed by atoms with Crippen LogP contribution in [0.5, 0.6) is 11.5 Å². The quantitative estimate of drug-likeness (QED) is 0.760. The second-order valence-electron chi connectivity index (χ2n) is 6.76. The maximum atomic E-state index is 13.1. The van der Waals surface area contributed by atoms with Gasteiger partial charge in [0, 0.05) is 18.4 Å². The Kier molecular flexibility index (Phi) is 5.15. The molecule has 144 valence electrons. The molecule has 1 heterocycles. The molecule has 1 aliphatic rings. The summed E-state index contributed by atoms with van der Waals surface area (Å²) < 4.78 is 34.8. The van der Waals surface area contributed by atoms with E-state index in [1.807, 2.05) is 25.1 Å². The molecule has 27 heavy (non-hydrogen) atoms. The third-order valence-electron chi connectivity index (χ3n) is 4.80. The van der Waals surface area contributed by atoms with E-state index in [4.69, 9.17) is 9.47 Å². The van der Waals surface area contributed by atoms with E-state index in [9.17, 15) is 13.2 Å². The van der Waals surface area contributed by atoms with Crippen molar-refractivity contribution in [1.29, 1.82) is 0 Å². The minimum Gasteiger partial charge on any atom is -0.493 e. The molecule has 0 saturated carbocycles. The van der Waals surface area contributed by atoms with Crippen LogP contribution in [0.3, 0.4) is 0 Å². The van der Waals surface area contributed by atoms with E-state index in [1.165, 1.54) is 20.5 Å². The van der Waals surface area contributed by atoms with Crippen molar-refractivity contribution in [3.8, 4) is 11.5 Å². The van der Waals surface area contributed by atoms with E-state index in [1.54, 1.807) is 23.1 Å². The summed E-state index contributed by atoms with van der Waals surface area (Å²) in [6.07, 6.45) is 1.18. The summed E-state index contributed by atoms with van der Waals surface area (Å²) in [5.41, 5.74) is 3.16. The molecule has 0 N–H and O–H groups in total. The zero-order valence-electron chi connectivity index (χ0n) is 15.9. The normalized spacial score (nSPS) is 14.8. The van der Waals surface area contributed by atoms with E-state index < -0.39 is 15.9 Å². The van der Waals surface area contributed by atoms with Crippen molar-refractivity contribution in [3.63, 3.8) is 0 Å². The summed E-state index contributed by atoms with van der Waals surface area (Å²) in [4.78, 5) is 14.7. The Morgan fingerprint density at radius 3 is 2.41 bits per heavy atom. The van der Waals surface area contributed by atoms with Gasteiger partial charge in [0.05, 0.1) is 26.0 Å². The zero-order valence-corrected chi connectivity index (χ0v) is 16.7. The van der Waals surface area contributed by atoms with E-state index in [0.717, 1.165) is 11.1 Å². The molecule has 0 saturated heterocycles. The molecular weight excluding hydrogens is 366 g/mol. The van der Waals surface area contributed by atoms with Gasteiger partial charge in [0.25, 0.3) is 5.91 Å². The van der Waals surface area contributed by atoms with Crippen molar-refractivity contribution in [3.05, 3.63) is 58.7 Å². The van der Waals surface area contributed by atoms with Crippen molar-refractivity contribution in [1.82, 2.24) is 4.90 Å². The monoisotopic (exact) mass is 389 g/mol. The standard InChI is InChI=1S/C20H23NO5S/c1-13-6-5-7-15-11-21(20(22)19(13)15)16(12-27(4,23)24)14-8-9-17(25-2)18(10-14)26-3/h5-10,16H,11-12H2,1-4H3. The number of nitrogens with zero attached hydrogens (tertiary/aromatic N) is 1. The smallest absolute Gasteiger partial charge is 0.255 e. The fraction of sp³-hybridized carbons (Fsp3) is 0.350. The molecule has 2 aromatic rings. The summed E-state index contributed by atoms with van der Waals surface area (Å²) >= 11 is 0. The average molecular weight is 389 g/mol. The van der Waals surface area contributed by atoms with Gasteiger partial charge in [-0.15, -0.1) is 0 Å². The van der Waals surface area contributed by atoms with Gasteiger partial charge in [0.2, 0.25) is 0 Å². The van der Waals surface area contributed by atoms with Crippen molar-refractivity contribution < 1.29 is 22.7 Å². The van der Waals surface area contributed by atoms with Gasteiger partial charge in [-0.1, -0.05) is 24.3 Å². The first-order valence-electron chi connectivity index (χ1n) is 8.54. The Bertz CT molecular complexity index is 984.